The van der Waals surface area contributed by atoms with E-state index in [9.17, 15) is 23.2 Å². The standard InChI is InChI=1S/C24H14Cl2F2N2O4/c25-19-10-14(11-20(26)21(19)34-12-13-1-3-15(27)4-2-13)9-18-22(31)29-24(33)30(23(18)32)17-7-5-16(28)6-8-17/h1-11H,12H2,(H,29,31,33). The Morgan fingerprint density at radius 1 is 0.882 bits per heavy atom. The predicted molar refractivity (Wildman–Crippen MR) is 123 cm³/mol. The van der Waals surface area contributed by atoms with Crippen molar-refractivity contribution in [3.8, 4) is 5.75 Å². The number of amides is 4. The van der Waals surface area contributed by atoms with Crippen LogP contribution in [0, 0.1) is 11.6 Å². The molecule has 1 saturated heterocycles. The fourth-order valence-corrected chi connectivity index (χ4v) is 3.80. The largest absolute Gasteiger partial charge is 0.486 e. The van der Waals surface area contributed by atoms with E-state index in [0.717, 1.165) is 17.0 Å². The lowest BCUT2D eigenvalue weighted by atomic mass is 10.1. The Labute approximate surface area is 202 Å². The molecule has 3 aromatic rings. The quantitative estimate of drug-likeness (QED) is 0.368. The zero-order valence-electron chi connectivity index (χ0n) is 17.2. The van der Waals surface area contributed by atoms with Crippen molar-refractivity contribution in [2.45, 2.75) is 6.61 Å². The molecule has 1 heterocycles. The van der Waals surface area contributed by atoms with E-state index in [1.54, 1.807) is 12.1 Å². The Hall–Kier alpha value is -3.75. The highest BCUT2D eigenvalue weighted by molar-refractivity contribution is 6.40. The molecular weight excluding hydrogens is 489 g/mol. The van der Waals surface area contributed by atoms with Gasteiger partial charge in [0.05, 0.1) is 15.7 Å². The van der Waals surface area contributed by atoms with Crippen LogP contribution in [0.15, 0.2) is 66.2 Å². The molecule has 4 rings (SSSR count). The molecule has 10 heteroatoms. The number of imide groups is 2. The molecular formula is C24H14Cl2F2N2O4. The van der Waals surface area contributed by atoms with Gasteiger partial charge in [-0.2, -0.15) is 0 Å². The molecule has 0 spiro atoms. The van der Waals surface area contributed by atoms with Crippen molar-refractivity contribution in [3.05, 3.63) is 99.0 Å². The molecule has 0 bridgehead atoms. The molecule has 3 aromatic carbocycles. The second-order valence-corrected chi connectivity index (χ2v) is 7.98. The highest BCUT2D eigenvalue weighted by Crippen LogP contribution is 2.36. The summed E-state index contributed by atoms with van der Waals surface area (Å²) in [5.41, 5.74) is 0.727. The lowest BCUT2D eigenvalue weighted by molar-refractivity contribution is -0.122. The number of ether oxygens (including phenoxy) is 1. The Morgan fingerprint density at radius 2 is 1.44 bits per heavy atom. The lowest BCUT2D eigenvalue weighted by Gasteiger charge is -2.26. The van der Waals surface area contributed by atoms with Gasteiger partial charge >= 0.3 is 6.03 Å². The van der Waals surface area contributed by atoms with E-state index in [2.05, 4.69) is 5.32 Å². The van der Waals surface area contributed by atoms with Gasteiger partial charge in [0.2, 0.25) is 0 Å². The number of nitrogens with zero attached hydrogens (tertiary/aromatic N) is 1. The molecule has 0 aliphatic carbocycles. The van der Waals surface area contributed by atoms with Crippen molar-refractivity contribution < 1.29 is 27.9 Å². The molecule has 4 amide bonds. The molecule has 0 unspecified atom stereocenters. The Morgan fingerprint density at radius 3 is 2.03 bits per heavy atom. The van der Waals surface area contributed by atoms with Crippen LogP contribution in [-0.2, 0) is 16.2 Å². The maximum absolute atomic E-state index is 13.2. The summed E-state index contributed by atoms with van der Waals surface area (Å²) < 4.78 is 31.9. The Bertz CT molecular complexity index is 1300. The van der Waals surface area contributed by atoms with Gasteiger partial charge in [0, 0.05) is 0 Å². The van der Waals surface area contributed by atoms with Gasteiger partial charge in [0.15, 0.2) is 5.75 Å². The average Bonchev–Trinajstić information content (AvgIpc) is 2.78. The van der Waals surface area contributed by atoms with Crippen molar-refractivity contribution in [1.82, 2.24) is 5.32 Å². The smallest absolute Gasteiger partial charge is 0.335 e. The summed E-state index contributed by atoms with van der Waals surface area (Å²) in [5, 5.41) is 2.29. The number of barbiturate groups is 1. The van der Waals surface area contributed by atoms with Crippen LogP contribution < -0.4 is 15.0 Å². The molecule has 0 atom stereocenters. The summed E-state index contributed by atoms with van der Waals surface area (Å²) in [5.74, 6) is -2.57. The van der Waals surface area contributed by atoms with Gasteiger partial charge in [-0.15, -0.1) is 0 Å². The van der Waals surface area contributed by atoms with E-state index >= 15 is 0 Å². The highest BCUT2D eigenvalue weighted by Gasteiger charge is 2.36. The van der Waals surface area contributed by atoms with Gasteiger partial charge in [0.1, 0.15) is 23.8 Å². The van der Waals surface area contributed by atoms with Crippen molar-refractivity contribution in [2.24, 2.45) is 0 Å². The first-order valence-electron chi connectivity index (χ1n) is 9.76. The number of nitrogens with one attached hydrogen (secondary N) is 1. The number of anilines is 1. The van der Waals surface area contributed by atoms with Gasteiger partial charge in [-0.3, -0.25) is 14.9 Å². The molecule has 0 saturated carbocycles. The van der Waals surface area contributed by atoms with E-state index in [4.69, 9.17) is 27.9 Å². The van der Waals surface area contributed by atoms with E-state index in [-0.39, 0.29) is 39.5 Å². The molecule has 6 nitrogen and oxygen atoms in total. The number of halogens is 4. The van der Waals surface area contributed by atoms with Crippen LogP contribution in [0.3, 0.4) is 0 Å². The van der Waals surface area contributed by atoms with E-state index in [0.29, 0.717) is 11.1 Å². The minimum Gasteiger partial charge on any atom is -0.486 e. The summed E-state index contributed by atoms with van der Waals surface area (Å²) in [7, 11) is 0. The van der Waals surface area contributed by atoms with Crippen LogP contribution in [-0.4, -0.2) is 17.8 Å². The van der Waals surface area contributed by atoms with Crippen LogP contribution in [0.4, 0.5) is 19.3 Å². The SMILES string of the molecule is O=C1NC(=O)N(c2ccc(F)cc2)C(=O)C1=Cc1cc(Cl)c(OCc2ccc(F)cc2)c(Cl)c1. The maximum atomic E-state index is 13.2. The Kier molecular flexibility index (Phi) is 6.63. The number of hydrogen-bond acceptors (Lipinski definition) is 4. The normalized spacial score (nSPS) is 15.0. The fourth-order valence-electron chi connectivity index (χ4n) is 3.19. The second-order valence-electron chi connectivity index (χ2n) is 7.16. The third kappa shape index (κ3) is 4.93. The number of urea groups is 1. The van der Waals surface area contributed by atoms with Crippen LogP contribution in [0.5, 0.6) is 5.75 Å². The van der Waals surface area contributed by atoms with Gasteiger partial charge in [0.25, 0.3) is 11.8 Å². The van der Waals surface area contributed by atoms with Gasteiger partial charge in [-0.25, -0.2) is 18.5 Å². The third-order valence-electron chi connectivity index (χ3n) is 4.81. The number of hydrogen-bond donors (Lipinski definition) is 1. The highest BCUT2D eigenvalue weighted by atomic mass is 35.5. The minimum absolute atomic E-state index is 0.0792. The molecule has 1 N–H and O–H groups in total. The summed E-state index contributed by atoms with van der Waals surface area (Å²) in [6.45, 7) is 0.0792. The average molecular weight is 503 g/mol. The lowest BCUT2D eigenvalue weighted by Crippen LogP contribution is -2.54. The third-order valence-corrected chi connectivity index (χ3v) is 5.38. The molecule has 34 heavy (non-hydrogen) atoms. The van der Waals surface area contributed by atoms with Crippen LogP contribution >= 0.6 is 23.2 Å². The van der Waals surface area contributed by atoms with Crippen molar-refractivity contribution in [3.63, 3.8) is 0 Å². The topological polar surface area (TPSA) is 75.7 Å². The molecule has 172 valence electrons. The van der Waals surface area contributed by atoms with Crippen molar-refractivity contribution in [2.75, 3.05) is 4.90 Å². The number of carbonyl (C=O) groups excluding carboxylic acids is 3. The number of benzene rings is 3. The summed E-state index contributed by atoms with van der Waals surface area (Å²) in [6.07, 6.45) is 1.22. The minimum atomic E-state index is -0.959. The zero-order chi connectivity index (χ0) is 24.4. The first-order valence-corrected chi connectivity index (χ1v) is 10.5. The summed E-state index contributed by atoms with van der Waals surface area (Å²) in [6, 6.07) is 12.2. The van der Waals surface area contributed by atoms with E-state index in [1.165, 1.54) is 42.5 Å². The number of rotatable bonds is 5. The van der Waals surface area contributed by atoms with Gasteiger partial charge in [-0.1, -0.05) is 35.3 Å². The van der Waals surface area contributed by atoms with Crippen LogP contribution in [0.2, 0.25) is 10.0 Å². The first kappa shape index (κ1) is 23.4. The van der Waals surface area contributed by atoms with E-state index in [1.807, 2.05) is 0 Å². The van der Waals surface area contributed by atoms with Gasteiger partial charge in [-0.05, 0) is 65.7 Å². The number of carbonyl (C=O) groups is 3. The summed E-state index contributed by atoms with van der Waals surface area (Å²) >= 11 is 12.6. The van der Waals surface area contributed by atoms with Gasteiger partial charge < -0.3 is 4.74 Å². The Balaban J connectivity index is 1.60. The molecule has 1 aliphatic rings. The molecule has 0 aromatic heterocycles. The fraction of sp³-hybridized carbons (Fsp3) is 0.0417. The van der Waals surface area contributed by atoms with Crippen molar-refractivity contribution in [1.29, 1.82) is 0 Å². The maximum Gasteiger partial charge on any atom is 0.335 e. The summed E-state index contributed by atoms with van der Waals surface area (Å²) in [4.78, 5) is 38.2. The molecule has 1 aliphatic heterocycles. The monoisotopic (exact) mass is 502 g/mol. The first-order chi connectivity index (χ1) is 16.2. The van der Waals surface area contributed by atoms with E-state index < -0.39 is 23.7 Å². The van der Waals surface area contributed by atoms with Crippen LogP contribution in [0.1, 0.15) is 11.1 Å². The van der Waals surface area contributed by atoms with Crippen molar-refractivity contribution >= 4 is 52.8 Å². The molecule has 0 radical (unpaired) electrons. The second kappa shape index (κ2) is 9.62. The molecule has 1 fully saturated rings. The zero-order valence-corrected chi connectivity index (χ0v) is 18.7. The van der Waals surface area contributed by atoms with Crippen LogP contribution in [0.25, 0.3) is 6.08 Å². The predicted octanol–water partition coefficient (Wildman–Crippen LogP) is 5.52.